The topological polar surface area (TPSA) is 105 Å². The van der Waals surface area contributed by atoms with Gasteiger partial charge in [0.2, 0.25) is 0 Å². The Morgan fingerprint density at radius 1 is 1.67 bits per heavy atom. The van der Waals surface area contributed by atoms with Crippen molar-refractivity contribution in [3.63, 3.8) is 0 Å². The summed E-state index contributed by atoms with van der Waals surface area (Å²) < 4.78 is 19.9. The van der Waals surface area contributed by atoms with E-state index in [9.17, 15) is 19.1 Å². The fraction of sp³-hybridized carbons (Fsp3) is 0.600. The SMILES string of the molecule is C[C@]1(O)C[C@H](n2ccc(=O)[nH]c2=O)O[C@]1(F)CO. The van der Waals surface area contributed by atoms with Gasteiger partial charge < -0.3 is 14.9 Å². The molecule has 100 valence electrons. The standard InChI is InChI=1S/C10H13FN2O5/c1-9(17)4-7(18-10(9,11)5-14)13-3-2-6(15)12-8(13)16/h2-3,7,14,17H,4-5H2,1H3,(H,12,15,16)/t7-,9+,10-/m1/s1. The summed E-state index contributed by atoms with van der Waals surface area (Å²) in [6.45, 7) is 0.133. The maximum atomic E-state index is 14.1. The summed E-state index contributed by atoms with van der Waals surface area (Å²) in [5, 5.41) is 18.8. The van der Waals surface area contributed by atoms with E-state index in [0.29, 0.717) is 0 Å². The summed E-state index contributed by atoms with van der Waals surface area (Å²) in [7, 11) is 0. The van der Waals surface area contributed by atoms with Crippen LogP contribution in [0.5, 0.6) is 0 Å². The Kier molecular flexibility index (Phi) is 2.88. The van der Waals surface area contributed by atoms with Crippen molar-refractivity contribution >= 4 is 0 Å². The lowest BCUT2D eigenvalue weighted by Crippen LogP contribution is -2.47. The molecule has 8 heteroatoms. The van der Waals surface area contributed by atoms with Crippen molar-refractivity contribution in [1.82, 2.24) is 9.55 Å². The first kappa shape index (κ1) is 12.9. The second-order valence-electron chi connectivity index (χ2n) is 4.45. The molecule has 0 unspecified atom stereocenters. The number of hydrogen-bond donors (Lipinski definition) is 3. The molecule has 1 aromatic heterocycles. The Morgan fingerprint density at radius 2 is 2.33 bits per heavy atom. The fourth-order valence-corrected chi connectivity index (χ4v) is 1.89. The van der Waals surface area contributed by atoms with Gasteiger partial charge in [-0.1, -0.05) is 0 Å². The van der Waals surface area contributed by atoms with Crippen LogP contribution in [0.15, 0.2) is 21.9 Å². The summed E-state index contributed by atoms with van der Waals surface area (Å²) in [6.07, 6.45) is -0.178. The first-order valence-corrected chi connectivity index (χ1v) is 5.30. The number of nitrogens with one attached hydrogen (secondary N) is 1. The molecule has 1 saturated heterocycles. The van der Waals surface area contributed by atoms with Crippen molar-refractivity contribution in [2.45, 2.75) is 31.0 Å². The van der Waals surface area contributed by atoms with E-state index in [1.54, 1.807) is 0 Å². The number of rotatable bonds is 2. The Bertz CT molecular complexity index is 566. The van der Waals surface area contributed by atoms with Crippen LogP contribution in [0.2, 0.25) is 0 Å². The van der Waals surface area contributed by atoms with Crippen molar-refractivity contribution < 1.29 is 19.3 Å². The molecule has 0 bridgehead atoms. The van der Waals surface area contributed by atoms with Crippen LogP contribution in [-0.2, 0) is 4.74 Å². The molecule has 0 amide bonds. The predicted molar refractivity (Wildman–Crippen MR) is 57.6 cm³/mol. The largest absolute Gasteiger partial charge is 0.390 e. The zero-order valence-corrected chi connectivity index (χ0v) is 9.59. The Balaban J connectivity index is 2.38. The summed E-state index contributed by atoms with van der Waals surface area (Å²) in [5.41, 5.74) is -3.29. The van der Waals surface area contributed by atoms with Crippen LogP contribution in [0.1, 0.15) is 19.6 Å². The van der Waals surface area contributed by atoms with Gasteiger partial charge in [-0.25, -0.2) is 9.18 Å². The van der Waals surface area contributed by atoms with E-state index in [2.05, 4.69) is 0 Å². The molecule has 1 fully saturated rings. The average Bonchev–Trinajstić information content (AvgIpc) is 2.50. The van der Waals surface area contributed by atoms with Crippen LogP contribution >= 0.6 is 0 Å². The van der Waals surface area contributed by atoms with E-state index in [4.69, 9.17) is 9.84 Å². The second kappa shape index (κ2) is 4.01. The zero-order chi connectivity index (χ0) is 13.6. The van der Waals surface area contributed by atoms with Gasteiger partial charge in [0.05, 0.1) is 0 Å². The lowest BCUT2D eigenvalue weighted by Gasteiger charge is -2.28. The number of H-pyrrole nitrogens is 1. The molecule has 7 nitrogen and oxygen atoms in total. The molecule has 2 heterocycles. The van der Waals surface area contributed by atoms with Crippen LogP contribution in [0.25, 0.3) is 0 Å². The molecular weight excluding hydrogens is 247 g/mol. The molecule has 0 spiro atoms. The number of aliphatic hydroxyl groups is 2. The van der Waals surface area contributed by atoms with Crippen molar-refractivity contribution in [2.24, 2.45) is 0 Å². The molecule has 18 heavy (non-hydrogen) atoms. The van der Waals surface area contributed by atoms with Crippen LogP contribution < -0.4 is 11.2 Å². The van der Waals surface area contributed by atoms with E-state index >= 15 is 0 Å². The number of aliphatic hydroxyl groups excluding tert-OH is 1. The highest BCUT2D eigenvalue weighted by Gasteiger charge is 2.58. The molecule has 0 saturated carbocycles. The van der Waals surface area contributed by atoms with E-state index in [1.165, 1.54) is 6.92 Å². The quantitative estimate of drug-likeness (QED) is 0.623. The van der Waals surface area contributed by atoms with Crippen LogP contribution in [0.3, 0.4) is 0 Å². The van der Waals surface area contributed by atoms with Crippen LogP contribution in [-0.4, -0.2) is 37.8 Å². The fourth-order valence-electron chi connectivity index (χ4n) is 1.89. The van der Waals surface area contributed by atoms with Gasteiger partial charge in [0, 0.05) is 18.7 Å². The Morgan fingerprint density at radius 3 is 2.83 bits per heavy atom. The van der Waals surface area contributed by atoms with Gasteiger partial charge in [0.15, 0.2) is 0 Å². The lowest BCUT2D eigenvalue weighted by atomic mass is 9.96. The first-order valence-electron chi connectivity index (χ1n) is 5.30. The molecular formula is C10H13FN2O5. The number of nitrogens with zero attached hydrogens (tertiary/aromatic N) is 1. The molecule has 2 rings (SSSR count). The van der Waals surface area contributed by atoms with Crippen molar-refractivity contribution in [2.75, 3.05) is 6.61 Å². The minimum Gasteiger partial charge on any atom is -0.390 e. The van der Waals surface area contributed by atoms with Gasteiger partial charge in [-0.2, -0.15) is 0 Å². The minimum atomic E-state index is -2.65. The Labute approximate surface area is 100 Å². The summed E-state index contributed by atoms with van der Waals surface area (Å²) in [5.74, 6) is -2.65. The third-order valence-corrected chi connectivity index (χ3v) is 3.06. The predicted octanol–water partition coefficient (Wildman–Crippen LogP) is -1.14. The van der Waals surface area contributed by atoms with Crippen molar-refractivity contribution in [1.29, 1.82) is 0 Å². The molecule has 1 aliphatic heterocycles. The van der Waals surface area contributed by atoms with Crippen LogP contribution in [0, 0.1) is 0 Å². The van der Waals surface area contributed by atoms with Crippen molar-refractivity contribution in [3.05, 3.63) is 33.1 Å². The average molecular weight is 260 g/mol. The molecule has 1 aromatic rings. The number of aromatic amines is 1. The molecule has 0 radical (unpaired) electrons. The third kappa shape index (κ3) is 1.88. The molecule has 0 aliphatic carbocycles. The lowest BCUT2D eigenvalue weighted by molar-refractivity contribution is -0.235. The summed E-state index contributed by atoms with van der Waals surface area (Å²) in [6, 6.07) is 1.08. The van der Waals surface area contributed by atoms with Crippen LogP contribution in [0.4, 0.5) is 4.39 Å². The number of halogens is 1. The van der Waals surface area contributed by atoms with E-state index in [0.717, 1.165) is 16.8 Å². The number of alkyl halides is 1. The van der Waals surface area contributed by atoms with Gasteiger partial charge >= 0.3 is 5.69 Å². The Hall–Kier alpha value is -1.51. The smallest absolute Gasteiger partial charge is 0.330 e. The molecule has 3 atom stereocenters. The summed E-state index contributed by atoms with van der Waals surface area (Å²) >= 11 is 0. The first-order chi connectivity index (χ1) is 8.29. The van der Waals surface area contributed by atoms with Gasteiger partial charge in [0.25, 0.3) is 11.4 Å². The number of hydrogen-bond acceptors (Lipinski definition) is 5. The molecule has 1 aliphatic rings. The maximum absolute atomic E-state index is 14.1. The minimum absolute atomic E-state index is 0.226. The normalized spacial score (nSPS) is 35.9. The number of ether oxygens (including phenoxy) is 1. The van der Waals surface area contributed by atoms with Crippen molar-refractivity contribution in [3.8, 4) is 0 Å². The molecule has 3 N–H and O–H groups in total. The highest BCUT2D eigenvalue weighted by molar-refractivity contribution is 4.98. The van der Waals surface area contributed by atoms with E-state index < -0.39 is 35.5 Å². The highest BCUT2D eigenvalue weighted by Crippen LogP contribution is 2.44. The highest BCUT2D eigenvalue weighted by atomic mass is 19.2. The third-order valence-electron chi connectivity index (χ3n) is 3.06. The van der Waals surface area contributed by atoms with Gasteiger partial charge in [-0.3, -0.25) is 14.3 Å². The van der Waals surface area contributed by atoms with E-state index in [-0.39, 0.29) is 6.42 Å². The van der Waals surface area contributed by atoms with Gasteiger partial charge in [-0.05, 0) is 6.92 Å². The second-order valence-corrected chi connectivity index (χ2v) is 4.45. The number of aromatic nitrogens is 2. The maximum Gasteiger partial charge on any atom is 0.330 e. The van der Waals surface area contributed by atoms with E-state index in [1.807, 2.05) is 4.98 Å². The van der Waals surface area contributed by atoms with Gasteiger partial charge in [0.1, 0.15) is 18.4 Å². The monoisotopic (exact) mass is 260 g/mol. The summed E-state index contributed by atoms with van der Waals surface area (Å²) in [4.78, 5) is 24.4. The molecule has 0 aromatic carbocycles. The van der Waals surface area contributed by atoms with Gasteiger partial charge in [-0.15, -0.1) is 0 Å². The zero-order valence-electron chi connectivity index (χ0n) is 9.59.